The zero-order valence-electron chi connectivity index (χ0n) is 10.4. The van der Waals surface area contributed by atoms with Crippen LogP contribution in [0.15, 0.2) is 18.5 Å². The lowest BCUT2D eigenvalue weighted by atomic mass is 9.75. The Bertz CT molecular complexity index is 414. The number of rotatable bonds is 3. The molecule has 1 aliphatic carbocycles. The monoisotopic (exact) mass is 229 g/mol. The second-order valence-corrected chi connectivity index (χ2v) is 5.00. The fraction of sp³-hybridized carbons (Fsp3) is 0.571. The molecule has 2 rings (SSSR count). The van der Waals surface area contributed by atoms with E-state index in [9.17, 15) is 5.26 Å². The first-order valence-corrected chi connectivity index (χ1v) is 6.31. The average Bonchev–Trinajstić information content (AvgIpc) is 2.39. The largest absolute Gasteiger partial charge is 0.383 e. The lowest BCUT2D eigenvalue weighted by molar-refractivity contribution is 0.284. The highest BCUT2D eigenvalue weighted by Gasteiger charge is 2.31. The van der Waals surface area contributed by atoms with E-state index in [0.29, 0.717) is 0 Å². The molecule has 0 bridgehead atoms. The topological polar surface area (TPSA) is 48.7 Å². The SMILES string of the molecule is Cc1cnccc1NCC1(C#N)CCCCC1. The van der Waals surface area contributed by atoms with Gasteiger partial charge in [-0.2, -0.15) is 5.26 Å². The number of nitrogens with zero attached hydrogens (tertiary/aromatic N) is 2. The maximum Gasteiger partial charge on any atom is 0.0746 e. The van der Waals surface area contributed by atoms with E-state index in [-0.39, 0.29) is 5.41 Å². The van der Waals surface area contributed by atoms with E-state index in [0.717, 1.165) is 30.6 Å². The van der Waals surface area contributed by atoms with E-state index in [1.807, 2.05) is 19.2 Å². The van der Waals surface area contributed by atoms with Gasteiger partial charge in [0.15, 0.2) is 0 Å². The average molecular weight is 229 g/mol. The second-order valence-electron chi connectivity index (χ2n) is 5.00. The number of aromatic nitrogens is 1. The third-order valence-corrected chi connectivity index (χ3v) is 3.69. The van der Waals surface area contributed by atoms with Crippen molar-refractivity contribution in [1.29, 1.82) is 5.26 Å². The summed E-state index contributed by atoms with van der Waals surface area (Å²) in [5, 5.41) is 12.8. The highest BCUT2D eigenvalue weighted by atomic mass is 14.9. The van der Waals surface area contributed by atoms with Crippen LogP contribution >= 0.6 is 0 Å². The van der Waals surface area contributed by atoms with Crippen molar-refractivity contribution in [2.45, 2.75) is 39.0 Å². The van der Waals surface area contributed by atoms with Crippen LogP contribution < -0.4 is 5.32 Å². The van der Waals surface area contributed by atoms with Crippen LogP contribution in [0.3, 0.4) is 0 Å². The van der Waals surface area contributed by atoms with Gasteiger partial charge < -0.3 is 5.32 Å². The zero-order chi connectivity index (χ0) is 12.1. The highest BCUT2D eigenvalue weighted by Crippen LogP contribution is 2.35. The van der Waals surface area contributed by atoms with Gasteiger partial charge in [-0.05, 0) is 31.4 Å². The van der Waals surface area contributed by atoms with Gasteiger partial charge in [-0.1, -0.05) is 19.3 Å². The van der Waals surface area contributed by atoms with Gasteiger partial charge >= 0.3 is 0 Å². The van der Waals surface area contributed by atoms with Crippen molar-refractivity contribution in [3.05, 3.63) is 24.0 Å². The molecule has 1 saturated carbocycles. The Hall–Kier alpha value is -1.56. The fourth-order valence-corrected chi connectivity index (χ4v) is 2.49. The molecule has 0 amide bonds. The normalized spacial score (nSPS) is 18.4. The quantitative estimate of drug-likeness (QED) is 0.865. The molecule has 1 N–H and O–H groups in total. The van der Waals surface area contributed by atoms with Gasteiger partial charge in [-0.25, -0.2) is 0 Å². The number of anilines is 1. The predicted octanol–water partition coefficient (Wildman–Crippen LogP) is 3.28. The van der Waals surface area contributed by atoms with Crippen molar-refractivity contribution < 1.29 is 0 Å². The Kier molecular flexibility index (Phi) is 3.63. The van der Waals surface area contributed by atoms with Gasteiger partial charge in [0.25, 0.3) is 0 Å². The van der Waals surface area contributed by atoms with Gasteiger partial charge in [-0.3, -0.25) is 4.98 Å². The first-order chi connectivity index (χ1) is 8.26. The molecule has 0 radical (unpaired) electrons. The lowest BCUT2D eigenvalue weighted by Gasteiger charge is -2.31. The molecule has 0 atom stereocenters. The minimum absolute atomic E-state index is 0.159. The molecule has 17 heavy (non-hydrogen) atoms. The maximum atomic E-state index is 9.39. The van der Waals surface area contributed by atoms with Crippen LogP contribution in [0.25, 0.3) is 0 Å². The molecule has 0 aromatic carbocycles. The Morgan fingerprint density at radius 1 is 1.41 bits per heavy atom. The van der Waals surface area contributed by atoms with Gasteiger partial charge in [0.1, 0.15) is 0 Å². The van der Waals surface area contributed by atoms with E-state index in [1.54, 1.807) is 6.20 Å². The molecule has 1 aromatic rings. The molecule has 0 unspecified atom stereocenters. The summed E-state index contributed by atoms with van der Waals surface area (Å²) in [6.45, 7) is 2.80. The first kappa shape index (κ1) is 11.9. The Morgan fingerprint density at radius 2 is 2.18 bits per heavy atom. The van der Waals surface area contributed by atoms with Crippen LogP contribution in [0.4, 0.5) is 5.69 Å². The van der Waals surface area contributed by atoms with Gasteiger partial charge in [0, 0.05) is 24.6 Å². The molecule has 0 aliphatic heterocycles. The van der Waals surface area contributed by atoms with Crippen molar-refractivity contribution in [2.75, 3.05) is 11.9 Å². The van der Waals surface area contributed by atoms with E-state index in [1.165, 1.54) is 19.3 Å². The fourth-order valence-electron chi connectivity index (χ4n) is 2.49. The third kappa shape index (κ3) is 2.76. The maximum absolute atomic E-state index is 9.39. The molecule has 1 fully saturated rings. The molecule has 0 spiro atoms. The number of nitriles is 1. The molecule has 1 aliphatic rings. The highest BCUT2D eigenvalue weighted by molar-refractivity contribution is 5.48. The molecule has 1 heterocycles. The Balaban J connectivity index is 2.01. The standard InChI is InChI=1S/C14H19N3/c1-12-9-16-8-5-13(12)17-11-14(10-15)6-3-2-4-7-14/h5,8-9H,2-4,6-7,11H2,1H3,(H,16,17). The smallest absolute Gasteiger partial charge is 0.0746 e. The molecular formula is C14H19N3. The molecule has 3 nitrogen and oxygen atoms in total. The number of pyridine rings is 1. The van der Waals surface area contributed by atoms with Crippen LogP contribution in [-0.2, 0) is 0 Å². The summed E-state index contributed by atoms with van der Waals surface area (Å²) in [6.07, 6.45) is 9.34. The second kappa shape index (κ2) is 5.18. The summed E-state index contributed by atoms with van der Waals surface area (Å²) in [7, 11) is 0. The number of nitrogens with one attached hydrogen (secondary N) is 1. The van der Waals surface area contributed by atoms with Crippen molar-refractivity contribution in [3.63, 3.8) is 0 Å². The summed E-state index contributed by atoms with van der Waals surface area (Å²) in [6, 6.07) is 4.50. The summed E-state index contributed by atoms with van der Waals surface area (Å²) in [4.78, 5) is 4.07. The molecule has 3 heteroatoms. The predicted molar refractivity (Wildman–Crippen MR) is 68.6 cm³/mol. The molecular weight excluding hydrogens is 210 g/mol. The summed E-state index contributed by atoms with van der Waals surface area (Å²) < 4.78 is 0. The van der Waals surface area contributed by atoms with Gasteiger partial charge in [0.2, 0.25) is 0 Å². The van der Waals surface area contributed by atoms with E-state index in [2.05, 4.69) is 16.4 Å². The number of hydrogen-bond donors (Lipinski definition) is 1. The molecule has 0 saturated heterocycles. The van der Waals surface area contributed by atoms with Crippen molar-refractivity contribution >= 4 is 5.69 Å². The minimum Gasteiger partial charge on any atom is -0.383 e. The van der Waals surface area contributed by atoms with Crippen molar-refractivity contribution in [3.8, 4) is 6.07 Å². The summed E-state index contributed by atoms with van der Waals surface area (Å²) in [5.41, 5.74) is 2.07. The van der Waals surface area contributed by atoms with E-state index in [4.69, 9.17) is 0 Å². The number of aryl methyl sites for hydroxylation is 1. The zero-order valence-corrected chi connectivity index (χ0v) is 10.4. The first-order valence-electron chi connectivity index (χ1n) is 6.31. The van der Waals surface area contributed by atoms with Crippen molar-refractivity contribution in [2.24, 2.45) is 5.41 Å². The van der Waals surface area contributed by atoms with Crippen LogP contribution in [0, 0.1) is 23.7 Å². The van der Waals surface area contributed by atoms with Crippen molar-refractivity contribution in [1.82, 2.24) is 4.98 Å². The minimum atomic E-state index is -0.159. The van der Waals surface area contributed by atoms with Crippen LogP contribution in [0.5, 0.6) is 0 Å². The van der Waals surface area contributed by atoms with E-state index >= 15 is 0 Å². The molecule has 90 valence electrons. The van der Waals surface area contributed by atoms with Gasteiger partial charge in [0.05, 0.1) is 11.5 Å². The van der Waals surface area contributed by atoms with Crippen LogP contribution in [0.2, 0.25) is 0 Å². The molecule has 1 aromatic heterocycles. The summed E-state index contributed by atoms with van der Waals surface area (Å²) >= 11 is 0. The Labute approximate surface area is 103 Å². The third-order valence-electron chi connectivity index (χ3n) is 3.69. The van der Waals surface area contributed by atoms with E-state index < -0.39 is 0 Å². The van der Waals surface area contributed by atoms with Gasteiger partial charge in [-0.15, -0.1) is 0 Å². The van der Waals surface area contributed by atoms with Crippen LogP contribution in [0.1, 0.15) is 37.7 Å². The number of hydrogen-bond acceptors (Lipinski definition) is 3. The lowest BCUT2D eigenvalue weighted by Crippen LogP contribution is -2.30. The summed E-state index contributed by atoms with van der Waals surface area (Å²) in [5.74, 6) is 0. The Morgan fingerprint density at radius 3 is 2.82 bits per heavy atom. The van der Waals surface area contributed by atoms with Crippen LogP contribution in [-0.4, -0.2) is 11.5 Å².